The van der Waals surface area contributed by atoms with Crippen molar-refractivity contribution in [2.75, 3.05) is 20.1 Å². The van der Waals surface area contributed by atoms with Gasteiger partial charge in [-0.3, -0.25) is 4.79 Å². The van der Waals surface area contributed by atoms with Gasteiger partial charge in [0, 0.05) is 25.2 Å². The number of rotatable bonds is 9. The van der Waals surface area contributed by atoms with Gasteiger partial charge in [0.1, 0.15) is 0 Å². The highest BCUT2D eigenvalue weighted by molar-refractivity contribution is 7.89. The van der Waals surface area contributed by atoms with Gasteiger partial charge in [0.15, 0.2) is 0 Å². The monoisotopic (exact) mass is 456 g/mol. The van der Waals surface area contributed by atoms with Crippen LogP contribution in [0.1, 0.15) is 11.1 Å². The van der Waals surface area contributed by atoms with Gasteiger partial charge in [-0.1, -0.05) is 72.3 Å². The van der Waals surface area contributed by atoms with E-state index in [0.717, 1.165) is 11.1 Å². The second-order valence-electron chi connectivity index (χ2n) is 7.26. The molecule has 0 aromatic heterocycles. The number of benzene rings is 3. The van der Waals surface area contributed by atoms with Gasteiger partial charge in [-0.25, -0.2) is 8.42 Å². The summed E-state index contributed by atoms with van der Waals surface area (Å²) in [5.41, 5.74) is 1.98. The van der Waals surface area contributed by atoms with Crippen LogP contribution in [0, 0.1) is 0 Å². The maximum atomic E-state index is 13.3. The lowest BCUT2D eigenvalue weighted by atomic mass is 10.1. The van der Waals surface area contributed by atoms with Gasteiger partial charge in [0.2, 0.25) is 15.9 Å². The van der Waals surface area contributed by atoms with Crippen LogP contribution >= 0.6 is 11.6 Å². The van der Waals surface area contributed by atoms with Gasteiger partial charge in [-0.2, -0.15) is 4.31 Å². The zero-order valence-corrected chi connectivity index (χ0v) is 18.9. The fourth-order valence-corrected chi connectivity index (χ4v) is 4.67. The Morgan fingerprint density at radius 2 is 1.39 bits per heavy atom. The second-order valence-corrected chi connectivity index (χ2v) is 9.64. The maximum Gasteiger partial charge on any atom is 0.243 e. The van der Waals surface area contributed by atoms with E-state index in [-0.39, 0.29) is 23.9 Å². The van der Waals surface area contributed by atoms with Crippen molar-refractivity contribution in [2.45, 2.75) is 17.9 Å². The third-order valence-electron chi connectivity index (χ3n) is 4.94. The van der Waals surface area contributed by atoms with Gasteiger partial charge < -0.3 is 4.90 Å². The summed E-state index contributed by atoms with van der Waals surface area (Å²) in [6.07, 6.45) is 0.503. The molecule has 162 valence electrons. The molecule has 1 amide bonds. The van der Waals surface area contributed by atoms with Crippen LogP contribution in [0.25, 0.3) is 0 Å². The quantitative estimate of drug-likeness (QED) is 0.484. The largest absolute Gasteiger partial charge is 0.340 e. The number of carbonyl (C=O) groups is 1. The Kier molecular flexibility index (Phi) is 7.85. The molecule has 0 spiro atoms. The van der Waals surface area contributed by atoms with E-state index in [1.165, 1.54) is 28.6 Å². The normalized spacial score (nSPS) is 11.5. The Labute approximate surface area is 188 Å². The van der Waals surface area contributed by atoms with Crippen molar-refractivity contribution in [2.24, 2.45) is 0 Å². The minimum absolute atomic E-state index is 0.114. The van der Waals surface area contributed by atoms with E-state index < -0.39 is 10.0 Å². The lowest BCUT2D eigenvalue weighted by Crippen LogP contribution is -2.42. The molecule has 0 unspecified atom stereocenters. The predicted molar refractivity (Wildman–Crippen MR) is 123 cm³/mol. The van der Waals surface area contributed by atoms with E-state index in [9.17, 15) is 13.2 Å². The molecule has 0 N–H and O–H groups in total. The minimum atomic E-state index is -3.86. The van der Waals surface area contributed by atoms with Crippen molar-refractivity contribution in [3.63, 3.8) is 0 Å². The van der Waals surface area contributed by atoms with Crippen LogP contribution in [-0.2, 0) is 27.8 Å². The summed E-state index contributed by atoms with van der Waals surface area (Å²) in [6.45, 7) is 0.369. The number of hydrogen-bond donors (Lipinski definition) is 0. The van der Waals surface area contributed by atoms with Crippen molar-refractivity contribution < 1.29 is 13.2 Å². The molecule has 3 aromatic rings. The van der Waals surface area contributed by atoms with Gasteiger partial charge in [0.05, 0.1) is 11.4 Å². The molecule has 0 aliphatic heterocycles. The third kappa shape index (κ3) is 6.40. The van der Waals surface area contributed by atoms with Crippen LogP contribution in [0.2, 0.25) is 5.02 Å². The first-order valence-corrected chi connectivity index (χ1v) is 11.8. The van der Waals surface area contributed by atoms with E-state index >= 15 is 0 Å². The van der Waals surface area contributed by atoms with Crippen LogP contribution in [0.3, 0.4) is 0 Å². The van der Waals surface area contributed by atoms with Crippen LogP contribution in [0.15, 0.2) is 89.8 Å². The summed E-state index contributed by atoms with van der Waals surface area (Å²) >= 11 is 5.92. The Morgan fingerprint density at radius 1 is 0.839 bits per heavy atom. The molecule has 3 rings (SSSR count). The summed E-state index contributed by atoms with van der Waals surface area (Å²) in [5, 5.41) is 0.452. The molecule has 0 heterocycles. The number of amides is 1. The molecule has 0 saturated carbocycles. The van der Waals surface area contributed by atoms with E-state index in [0.29, 0.717) is 18.0 Å². The molecule has 7 heteroatoms. The molecular weight excluding hydrogens is 432 g/mol. The van der Waals surface area contributed by atoms with Crippen molar-refractivity contribution in [3.8, 4) is 0 Å². The lowest BCUT2D eigenvalue weighted by Gasteiger charge is -2.25. The number of nitrogens with zero attached hydrogens (tertiary/aromatic N) is 2. The zero-order chi connectivity index (χ0) is 22.3. The van der Waals surface area contributed by atoms with Crippen LogP contribution in [0.5, 0.6) is 0 Å². The summed E-state index contributed by atoms with van der Waals surface area (Å²) in [7, 11) is -2.18. The second kappa shape index (κ2) is 10.6. The van der Waals surface area contributed by atoms with Crippen LogP contribution in [-0.4, -0.2) is 43.7 Å². The molecule has 0 fully saturated rings. The molecule has 0 saturated heterocycles. The van der Waals surface area contributed by atoms with Crippen molar-refractivity contribution in [3.05, 3.63) is 101 Å². The smallest absolute Gasteiger partial charge is 0.243 e. The Bertz CT molecular complexity index is 1090. The highest BCUT2D eigenvalue weighted by Crippen LogP contribution is 2.19. The predicted octanol–water partition coefficient (Wildman–Crippen LogP) is 4.23. The zero-order valence-electron chi connectivity index (χ0n) is 17.3. The van der Waals surface area contributed by atoms with E-state index in [2.05, 4.69) is 0 Å². The van der Waals surface area contributed by atoms with Crippen molar-refractivity contribution >= 4 is 27.5 Å². The Balaban J connectivity index is 1.79. The van der Waals surface area contributed by atoms with Gasteiger partial charge in [-0.15, -0.1) is 0 Å². The molecule has 3 aromatic carbocycles. The molecule has 5 nitrogen and oxygen atoms in total. The third-order valence-corrected chi connectivity index (χ3v) is 7.06. The van der Waals surface area contributed by atoms with Gasteiger partial charge in [0.25, 0.3) is 0 Å². The fourth-order valence-electron chi connectivity index (χ4n) is 3.16. The first-order valence-electron chi connectivity index (χ1n) is 9.94. The van der Waals surface area contributed by atoms with Crippen LogP contribution < -0.4 is 0 Å². The highest BCUT2D eigenvalue weighted by atomic mass is 35.5. The number of likely N-dealkylation sites (N-methyl/N-ethyl adjacent to an activating group) is 1. The summed E-state index contributed by atoms with van der Waals surface area (Å²) < 4.78 is 27.8. The van der Waals surface area contributed by atoms with Crippen molar-refractivity contribution in [1.29, 1.82) is 0 Å². The molecule has 0 aliphatic carbocycles. The van der Waals surface area contributed by atoms with Crippen LogP contribution in [0.4, 0.5) is 0 Å². The molecule has 0 bridgehead atoms. The number of carbonyl (C=O) groups excluding carboxylic acids is 1. The topological polar surface area (TPSA) is 57.7 Å². The average molecular weight is 457 g/mol. The summed E-state index contributed by atoms with van der Waals surface area (Å²) in [5.74, 6) is -0.269. The van der Waals surface area contributed by atoms with Gasteiger partial charge in [-0.05, 0) is 41.8 Å². The number of sulfonamides is 1. The Hall–Kier alpha value is -2.67. The molecular formula is C24H25ClN2O3S. The fraction of sp³-hybridized carbons (Fsp3) is 0.208. The maximum absolute atomic E-state index is 13.3. The average Bonchev–Trinajstić information content (AvgIpc) is 2.78. The van der Waals surface area contributed by atoms with Crippen molar-refractivity contribution in [1.82, 2.24) is 9.21 Å². The molecule has 0 aliphatic rings. The number of halogens is 1. The van der Waals surface area contributed by atoms with E-state index in [4.69, 9.17) is 11.6 Å². The highest BCUT2D eigenvalue weighted by Gasteiger charge is 2.27. The van der Waals surface area contributed by atoms with E-state index in [1.54, 1.807) is 11.9 Å². The molecule has 31 heavy (non-hydrogen) atoms. The summed E-state index contributed by atoms with van der Waals surface area (Å²) in [6, 6.07) is 25.2. The standard InChI is InChI=1S/C24H25ClN2O3S/c1-26(18-21-10-6-3-7-11-21)24(28)19-27(17-16-20-8-4-2-5-9-20)31(29,30)23-14-12-22(25)13-15-23/h2-15H,16-19H2,1H3. The first-order chi connectivity index (χ1) is 14.9. The van der Waals surface area contributed by atoms with E-state index in [1.807, 2.05) is 60.7 Å². The summed E-state index contributed by atoms with van der Waals surface area (Å²) in [4.78, 5) is 14.6. The molecule has 0 radical (unpaired) electrons. The molecule has 0 atom stereocenters. The SMILES string of the molecule is CN(Cc1ccccc1)C(=O)CN(CCc1ccccc1)S(=O)(=O)c1ccc(Cl)cc1. The Morgan fingerprint density at radius 3 is 1.97 bits per heavy atom. The first kappa shape index (κ1) is 23.0. The minimum Gasteiger partial charge on any atom is -0.340 e. The van der Waals surface area contributed by atoms with Gasteiger partial charge >= 0.3 is 0 Å². The number of hydrogen-bond acceptors (Lipinski definition) is 3. The lowest BCUT2D eigenvalue weighted by molar-refractivity contribution is -0.130.